The van der Waals surface area contributed by atoms with Crippen molar-refractivity contribution in [2.75, 3.05) is 6.61 Å². The van der Waals surface area contributed by atoms with Crippen LogP contribution in [0.15, 0.2) is 48.7 Å². The van der Waals surface area contributed by atoms with Crippen LogP contribution in [0.3, 0.4) is 0 Å². The number of rotatable bonds is 1. The number of fused-ring (bicyclic) bond motifs is 1. The number of hydrogen-bond donors (Lipinski definition) is 1. The first-order valence-corrected chi connectivity index (χ1v) is 5.00. The van der Waals surface area contributed by atoms with Crippen LogP contribution in [0.2, 0.25) is 0 Å². The van der Waals surface area contributed by atoms with E-state index < -0.39 is 0 Å². The average Bonchev–Trinajstić information content (AvgIpc) is 2.74. The molecule has 2 nitrogen and oxygen atoms in total. The Morgan fingerprint density at radius 2 is 2.13 bits per heavy atom. The molecule has 0 aliphatic carbocycles. The molecule has 0 unspecified atom stereocenters. The molecule has 0 atom stereocenters. The molecule has 0 fully saturated rings. The lowest BCUT2D eigenvalue weighted by Gasteiger charge is -2.05. The molecular weight excluding hydrogens is 186 g/mol. The lowest BCUT2D eigenvalue weighted by Crippen LogP contribution is -1.91. The zero-order chi connectivity index (χ0) is 10.1. The largest absolute Gasteiger partial charge is 0.496 e. The van der Waals surface area contributed by atoms with Crippen LogP contribution >= 0.6 is 0 Å². The summed E-state index contributed by atoms with van der Waals surface area (Å²) in [6.07, 6.45) is 5.89. The molecule has 0 radical (unpaired) electrons. The molecule has 2 heterocycles. The van der Waals surface area contributed by atoms with E-state index in [0.29, 0.717) is 6.61 Å². The van der Waals surface area contributed by atoms with E-state index >= 15 is 0 Å². The summed E-state index contributed by atoms with van der Waals surface area (Å²) in [5, 5.41) is 1.23. The van der Waals surface area contributed by atoms with Crippen molar-refractivity contribution < 1.29 is 4.74 Å². The molecule has 15 heavy (non-hydrogen) atoms. The Hall–Kier alpha value is -1.96. The molecule has 1 aliphatic rings. The molecule has 1 aromatic heterocycles. The molecule has 0 spiro atoms. The molecule has 1 N–H and O–H groups in total. The van der Waals surface area contributed by atoms with Gasteiger partial charge >= 0.3 is 0 Å². The third-order valence-corrected chi connectivity index (χ3v) is 2.54. The van der Waals surface area contributed by atoms with Gasteiger partial charge in [0.05, 0.1) is 6.26 Å². The fourth-order valence-corrected chi connectivity index (χ4v) is 1.79. The van der Waals surface area contributed by atoms with Crippen LogP contribution in [0.1, 0.15) is 5.69 Å². The normalized spacial score (nSPS) is 15.1. The zero-order valence-corrected chi connectivity index (χ0v) is 8.23. The standard InChI is InChI=1S/C13H11NO/c1-2-6-12-10(4-1)8-13(14-12)11-5-3-7-15-9-11/h1-6,8-9,14H,7H2. The topological polar surface area (TPSA) is 25.0 Å². The van der Waals surface area contributed by atoms with Crippen molar-refractivity contribution in [1.82, 2.24) is 4.98 Å². The Labute approximate surface area is 87.9 Å². The first-order chi connectivity index (χ1) is 7.43. The maximum Gasteiger partial charge on any atom is 0.106 e. The quantitative estimate of drug-likeness (QED) is 0.746. The van der Waals surface area contributed by atoms with E-state index in [0.717, 1.165) is 16.8 Å². The fraction of sp³-hybridized carbons (Fsp3) is 0.0769. The van der Waals surface area contributed by atoms with E-state index in [1.165, 1.54) is 5.39 Å². The fourth-order valence-electron chi connectivity index (χ4n) is 1.79. The Morgan fingerprint density at radius 3 is 2.93 bits per heavy atom. The molecule has 0 saturated heterocycles. The summed E-state index contributed by atoms with van der Waals surface area (Å²) >= 11 is 0. The summed E-state index contributed by atoms with van der Waals surface area (Å²) in [6, 6.07) is 10.4. The molecule has 1 aliphatic heterocycles. The van der Waals surface area contributed by atoms with Gasteiger partial charge in [-0.05, 0) is 18.2 Å². The highest BCUT2D eigenvalue weighted by Crippen LogP contribution is 2.22. The van der Waals surface area contributed by atoms with Crippen molar-refractivity contribution in [2.45, 2.75) is 0 Å². The number of aromatic nitrogens is 1. The molecule has 74 valence electrons. The van der Waals surface area contributed by atoms with Crippen LogP contribution in [0, 0.1) is 0 Å². The van der Waals surface area contributed by atoms with Crippen LogP contribution in [0.4, 0.5) is 0 Å². The van der Waals surface area contributed by atoms with E-state index in [1.54, 1.807) is 6.26 Å². The maximum atomic E-state index is 5.26. The number of aromatic amines is 1. The SMILES string of the molecule is C1=CC(c2cc3ccccc3[nH]2)=COC1. The minimum Gasteiger partial charge on any atom is -0.496 e. The minimum absolute atomic E-state index is 0.670. The Morgan fingerprint density at radius 1 is 1.20 bits per heavy atom. The van der Waals surface area contributed by atoms with Gasteiger partial charge in [0.25, 0.3) is 0 Å². The molecule has 3 rings (SSSR count). The second-order valence-corrected chi connectivity index (χ2v) is 3.58. The molecule has 0 saturated carbocycles. The predicted octanol–water partition coefficient (Wildman–Crippen LogP) is 3.10. The second kappa shape index (κ2) is 3.31. The highest BCUT2D eigenvalue weighted by atomic mass is 16.5. The summed E-state index contributed by atoms with van der Waals surface area (Å²) in [6.45, 7) is 0.670. The number of ether oxygens (including phenoxy) is 1. The Balaban J connectivity index is 2.11. The summed E-state index contributed by atoms with van der Waals surface area (Å²) < 4.78 is 5.26. The summed E-state index contributed by atoms with van der Waals surface area (Å²) in [5.74, 6) is 0. The van der Waals surface area contributed by atoms with E-state index in [9.17, 15) is 0 Å². The van der Waals surface area contributed by atoms with E-state index in [1.807, 2.05) is 18.2 Å². The van der Waals surface area contributed by atoms with Crippen LogP contribution in [-0.2, 0) is 4.74 Å². The van der Waals surface area contributed by atoms with Crippen molar-refractivity contribution in [3.05, 3.63) is 54.4 Å². The molecule has 0 amide bonds. The van der Waals surface area contributed by atoms with E-state index in [-0.39, 0.29) is 0 Å². The van der Waals surface area contributed by atoms with Gasteiger partial charge in [0.2, 0.25) is 0 Å². The monoisotopic (exact) mass is 197 g/mol. The lowest BCUT2D eigenvalue weighted by molar-refractivity contribution is 0.288. The first-order valence-electron chi connectivity index (χ1n) is 5.00. The molecule has 2 aromatic rings. The van der Waals surface area contributed by atoms with Gasteiger partial charge in [0.15, 0.2) is 0 Å². The molecular formula is C13H11NO. The summed E-state index contributed by atoms with van der Waals surface area (Å²) in [7, 11) is 0. The number of benzene rings is 1. The molecule has 1 aromatic carbocycles. The lowest BCUT2D eigenvalue weighted by atomic mass is 10.1. The average molecular weight is 197 g/mol. The van der Waals surface area contributed by atoms with Crippen LogP contribution < -0.4 is 0 Å². The number of hydrogen-bond acceptors (Lipinski definition) is 1. The smallest absolute Gasteiger partial charge is 0.106 e. The molecule has 2 heteroatoms. The number of allylic oxidation sites excluding steroid dienone is 2. The van der Waals surface area contributed by atoms with Gasteiger partial charge in [-0.2, -0.15) is 0 Å². The third kappa shape index (κ3) is 1.44. The van der Waals surface area contributed by atoms with Crippen molar-refractivity contribution in [2.24, 2.45) is 0 Å². The van der Waals surface area contributed by atoms with E-state index in [2.05, 4.69) is 29.3 Å². The Bertz CT molecular complexity index is 515. The van der Waals surface area contributed by atoms with Gasteiger partial charge in [-0.1, -0.05) is 24.3 Å². The highest BCUT2D eigenvalue weighted by Gasteiger charge is 2.05. The van der Waals surface area contributed by atoms with Crippen LogP contribution in [0.5, 0.6) is 0 Å². The minimum atomic E-state index is 0.670. The van der Waals surface area contributed by atoms with Crippen LogP contribution in [0.25, 0.3) is 16.5 Å². The number of H-pyrrole nitrogens is 1. The molecule has 0 bridgehead atoms. The van der Waals surface area contributed by atoms with Gasteiger partial charge < -0.3 is 9.72 Å². The van der Waals surface area contributed by atoms with Crippen molar-refractivity contribution in [3.8, 4) is 0 Å². The second-order valence-electron chi connectivity index (χ2n) is 3.58. The van der Waals surface area contributed by atoms with Gasteiger partial charge in [-0.15, -0.1) is 0 Å². The number of para-hydroxylation sites is 1. The maximum absolute atomic E-state index is 5.26. The third-order valence-electron chi connectivity index (χ3n) is 2.54. The van der Waals surface area contributed by atoms with Gasteiger partial charge in [0, 0.05) is 22.2 Å². The first kappa shape index (κ1) is 8.36. The summed E-state index contributed by atoms with van der Waals surface area (Å²) in [5.41, 5.74) is 3.36. The van der Waals surface area contributed by atoms with Crippen molar-refractivity contribution >= 4 is 16.5 Å². The van der Waals surface area contributed by atoms with Gasteiger partial charge in [-0.25, -0.2) is 0 Å². The van der Waals surface area contributed by atoms with Crippen molar-refractivity contribution in [3.63, 3.8) is 0 Å². The van der Waals surface area contributed by atoms with Crippen molar-refractivity contribution in [1.29, 1.82) is 0 Å². The summed E-state index contributed by atoms with van der Waals surface area (Å²) in [4.78, 5) is 3.37. The van der Waals surface area contributed by atoms with Gasteiger partial charge in [0.1, 0.15) is 6.61 Å². The zero-order valence-electron chi connectivity index (χ0n) is 8.23. The number of nitrogens with one attached hydrogen (secondary N) is 1. The van der Waals surface area contributed by atoms with E-state index in [4.69, 9.17) is 4.74 Å². The Kier molecular flexibility index (Phi) is 1.85. The van der Waals surface area contributed by atoms with Gasteiger partial charge in [-0.3, -0.25) is 0 Å². The van der Waals surface area contributed by atoms with Crippen LogP contribution in [-0.4, -0.2) is 11.6 Å². The predicted molar refractivity (Wildman–Crippen MR) is 61.4 cm³/mol. The highest BCUT2D eigenvalue weighted by molar-refractivity contribution is 5.86.